The summed E-state index contributed by atoms with van der Waals surface area (Å²) < 4.78 is 9.07. The minimum Gasteiger partial charge on any atom is -0.456 e. The molecular weight excluding hydrogens is 661 g/mol. The fourth-order valence-electron chi connectivity index (χ4n) is 8.03. The summed E-state index contributed by atoms with van der Waals surface area (Å²) in [5.41, 5.74) is 10.2. The van der Waals surface area contributed by atoms with E-state index in [0.717, 1.165) is 66.7 Å². The molecule has 5 heteroatoms. The molecule has 3 heterocycles. The summed E-state index contributed by atoms with van der Waals surface area (Å²) in [6.07, 6.45) is -0.355. The highest BCUT2D eigenvalue weighted by molar-refractivity contribution is 6.19. The highest BCUT2D eigenvalue weighted by Crippen LogP contribution is 2.41. The highest BCUT2D eigenvalue weighted by atomic mass is 16.3. The van der Waals surface area contributed by atoms with E-state index in [1.54, 1.807) is 0 Å². The summed E-state index contributed by atoms with van der Waals surface area (Å²) in [5, 5.41) is 10.7. The van der Waals surface area contributed by atoms with Crippen LogP contribution in [0.4, 0.5) is 0 Å². The first kappa shape index (κ1) is 30.4. The molecule has 5 nitrogen and oxygen atoms in total. The quantitative estimate of drug-likeness (QED) is 0.195. The highest BCUT2D eigenvalue weighted by Gasteiger charge is 2.25. The molecule has 1 N–H and O–H groups in total. The van der Waals surface area contributed by atoms with E-state index >= 15 is 0 Å². The minimum absolute atomic E-state index is 0.355. The van der Waals surface area contributed by atoms with Crippen LogP contribution in [0.25, 0.3) is 71.3 Å². The first-order valence-corrected chi connectivity index (χ1v) is 18.3. The van der Waals surface area contributed by atoms with Crippen molar-refractivity contribution in [3.8, 4) is 16.8 Å². The Bertz CT molecular complexity index is 3120. The molecule has 0 aliphatic carbocycles. The molecule has 1 unspecified atom stereocenters. The molecule has 11 rings (SSSR count). The average molecular weight is 693 g/mol. The van der Waals surface area contributed by atoms with Crippen LogP contribution in [0.15, 0.2) is 196 Å². The van der Waals surface area contributed by atoms with Gasteiger partial charge >= 0.3 is 0 Å². The number of hydrogen-bond acceptors (Lipinski definition) is 4. The van der Waals surface area contributed by atoms with Crippen LogP contribution in [0.2, 0.25) is 0 Å². The summed E-state index contributed by atoms with van der Waals surface area (Å²) in [6, 6.07) is 63.9. The van der Waals surface area contributed by atoms with Gasteiger partial charge in [0.2, 0.25) is 0 Å². The van der Waals surface area contributed by atoms with Gasteiger partial charge in [-0.2, -0.15) is 0 Å². The largest absolute Gasteiger partial charge is 0.456 e. The van der Waals surface area contributed by atoms with Crippen LogP contribution >= 0.6 is 0 Å². The van der Waals surface area contributed by atoms with Gasteiger partial charge in [-0.1, -0.05) is 146 Å². The Labute approximate surface area is 311 Å². The van der Waals surface area contributed by atoms with Gasteiger partial charge in [0.05, 0.1) is 22.1 Å². The van der Waals surface area contributed by atoms with Crippen molar-refractivity contribution in [2.75, 3.05) is 0 Å². The molecule has 0 radical (unpaired) electrons. The second-order valence-corrected chi connectivity index (χ2v) is 13.8. The van der Waals surface area contributed by atoms with Crippen LogP contribution in [0, 0.1) is 0 Å². The SMILES string of the molecule is c1ccc(C2=NC(c3ccc(-c4ccccc4)cc3)NC(c3cc(-n4c5ccccc5c5cc6ccccc6cc54)c4c(c3)oc3ccccc34)=N2)cc1. The number of amidine groups is 2. The molecular formula is C49H32N4O. The Morgan fingerprint density at radius 3 is 1.93 bits per heavy atom. The van der Waals surface area contributed by atoms with Crippen LogP contribution < -0.4 is 5.32 Å². The number of para-hydroxylation sites is 2. The zero-order valence-corrected chi connectivity index (χ0v) is 29.1. The molecule has 2 aromatic heterocycles. The first-order valence-electron chi connectivity index (χ1n) is 18.3. The molecule has 0 saturated heterocycles. The number of furan rings is 1. The number of nitrogens with zero attached hydrogens (tertiary/aromatic N) is 3. The maximum absolute atomic E-state index is 6.67. The van der Waals surface area contributed by atoms with Gasteiger partial charge in [0.25, 0.3) is 0 Å². The maximum atomic E-state index is 6.67. The lowest BCUT2D eigenvalue weighted by Crippen LogP contribution is -2.33. The zero-order valence-electron chi connectivity index (χ0n) is 29.1. The van der Waals surface area contributed by atoms with Gasteiger partial charge in [-0.3, -0.25) is 0 Å². The van der Waals surface area contributed by atoms with E-state index in [1.807, 2.05) is 36.4 Å². The number of benzene rings is 8. The van der Waals surface area contributed by atoms with Gasteiger partial charge in [-0.05, 0) is 63.9 Å². The second-order valence-electron chi connectivity index (χ2n) is 13.8. The van der Waals surface area contributed by atoms with E-state index in [9.17, 15) is 0 Å². The molecule has 1 atom stereocenters. The molecule has 254 valence electrons. The fraction of sp³-hybridized carbons (Fsp3) is 0.0204. The third-order valence-electron chi connectivity index (χ3n) is 10.6. The van der Waals surface area contributed by atoms with Crippen LogP contribution in [-0.2, 0) is 0 Å². The predicted octanol–water partition coefficient (Wildman–Crippen LogP) is 12.0. The molecule has 1 aliphatic heterocycles. The molecule has 8 aromatic carbocycles. The summed E-state index contributed by atoms with van der Waals surface area (Å²) in [7, 11) is 0. The van der Waals surface area contributed by atoms with Crippen molar-refractivity contribution in [3.63, 3.8) is 0 Å². The Morgan fingerprint density at radius 2 is 1.13 bits per heavy atom. The molecule has 0 bridgehead atoms. The van der Waals surface area contributed by atoms with Crippen LogP contribution in [0.1, 0.15) is 22.9 Å². The molecule has 1 aliphatic rings. The zero-order chi connectivity index (χ0) is 35.6. The van der Waals surface area contributed by atoms with Crippen molar-refractivity contribution >= 4 is 66.2 Å². The molecule has 0 saturated carbocycles. The van der Waals surface area contributed by atoms with Crippen molar-refractivity contribution in [3.05, 3.63) is 199 Å². The number of hydrogen-bond donors (Lipinski definition) is 1. The molecule has 54 heavy (non-hydrogen) atoms. The van der Waals surface area contributed by atoms with Crippen molar-refractivity contribution in [2.24, 2.45) is 9.98 Å². The van der Waals surface area contributed by atoms with Crippen molar-refractivity contribution < 1.29 is 4.42 Å². The Kier molecular flexibility index (Phi) is 6.85. The van der Waals surface area contributed by atoms with Gasteiger partial charge in [0.15, 0.2) is 5.84 Å². The maximum Gasteiger partial charge on any atom is 0.159 e. The van der Waals surface area contributed by atoms with E-state index < -0.39 is 0 Å². The third kappa shape index (κ3) is 4.94. The molecule has 10 aromatic rings. The van der Waals surface area contributed by atoms with Crippen molar-refractivity contribution in [2.45, 2.75) is 6.17 Å². The van der Waals surface area contributed by atoms with Gasteiger partial charge in [0.1, 0.15) is 23.2 Å². The minimum atomic E-state index is -0.355. The second kappa shape index (κ2) is 12.2. The van der Waals surface area contributed by atoms with Crippen LogP contribution in [-0.4, -0.2) is 16.2 Å². The Hall–Kier alpha value is -7.24. The standard InChI is InChI=1S/C49H32N4O/c1-3-13-31(14-4-1)32-23-25-34(26-24-32)48-50-47(33-15-5-2-6-16-33)51-49(52-48)37-29-43(46-39-20-10-12-22-44(39)54-45(46)30-37)53-41-21-11-9-19-38(41)40-27-35-17-7-8-18-36(35)28-42(40)53/h1-30,48H,(H,50,51,52). The number of aliphatic imine (C=N–C) groups is 2. The summed E-state index contributed by atoms with van der Waals surface area (Å²) in [6.45, 7) is 0. The third-order valence-corrected chi connectivity index (χ3v) is 10.6. The van der Waals surface area contributed by atoms with E-state index in [-0.39, 0.29) is 6.17 Å². The van der Waals surface area contributed by atoms with E-state index in [4.69, 9.17) is 14.4 Å². The number of aromatic nitrogens is 1. The van der Waals surface area contributed by atoms with E-state index in [2.05, 4.69) is 155 Å². The average Bonchev–Trinajstić information content (AvgIpc) is 3.78. The smallest absolute Gasteiger partial charge is 0.159 e. The van der Waals surface area contributed by atoms with Crippen LogP contribution in [0.3, 0.4) is 0 Å². The Balaban J connectivity index is 1.14. The fourth-order valence-corrected chi connectivity index (χ4v) is 8.03. The predicted molar refractivity (Wildman–Crippen MR) is 223 cm³/mol. The van der Waals surface area contributed by atoms with Crippen molar-refractivity contribution in [1.29, 1.82) is 0 Å². The summed E-state index contributed by atoms with van der Waals surface area (Å²) >= 11 is 0. The molecule has 0 fully saturated rings. The lowest BCUT2D eigenvalue weighted by atomic mass is 10.0. The summed E-state index contributed by atoms with van der Waals surface area (Å²) in [4.78, 5) is 10.4. The molecule has 0 spiro atoms. The van der Waals surface area contributed by atoms with E-state index in [0.29, 0.717) is 5.84 Å². The number of rotatable bonds is 5. The summed E-state index contributed by atoms with van der Waals surface area (Å²) in [5.74, 6) is 1.41. The van der Waals surface area contributed by atoms with Gasteiger partial charge in [0, 0.05) is 27.3 Å². The van der Waals surface area contributed by atoms with Crippen molar-refractivity contribution in [1.82, 2.24) is 9.88 Å². The Morgan fingerprint density at radius 1 is 0.481 bits per heavy atom. The van der Waals surface area contributed by atoms with E-state index in [1.165, 1.54) is 27.1 Å². The van der Waals surface area contributed by atoms with Gasteiger partial charge in [-0.25, -0.2) is 9.98 Å². The number of fused-ring (bicyclic) bond motifs is 7. The van der Waals surface area contributed by atoms with Gasteiger partial charge < -0.3 is 14.3 Å². The topological polar surface area (TPSA) is 54.8 Å². The lowest BCUT2D eigenvalue weighted by Gasteiger charge is -2.24. The lowest BCUT2D eigenvalue weighted by molar-refractivity contribution is 0.666. The monoisotopic (exact) mass is 692 g/mol. The van der Waals surface area contributed by atoms with Crippen LogP contribution in [0.5, 0.6) is 0 Å². The number of nitrogens with one attached hydrogen (secondary N) is 1. The first-order chi connectivity index (χ1) is 26.7. The normalized spacial score (nSPS) is 14.5. The molecule has 0 amide bonds. The van der Waals surface area contributed by atoms with Gasteiger partial charge in [-0.15, -0.1) is 0 Å².